The summed E-state index contributed by atoms with van der Waals surface area (Å²) >= 11 is 0. The van der Waals surface area contributed by atoms with Crippen LogP contribution in [0.25, 0.3) is 11.5 Å². The molecule has 10 nitrogen and oxygen atoms in total. The highest BCUT2D eigenvalue weighted by atomic mass is 19.4. The molecule has 1 heterocycles. The molecule has 25 heavy (non-hydrogen) atoms. The average Bonchev–Trinajstić information content (AvgIpc) is 3.00. The first-order valence-corrected chi connectivity index (χ1v) is 6.30. The third-order valence-electron chi connectivity index (χ3n) is 2.81. The molecule has 0 saturated heterocycles. The van der Waals surface area contributed by atoms with Crippen LogP contribution in [0.3, 0.4) is 0 Å². The lowest BCUT2D eigenvalue weighted by Gasteiger charge is -2.08. The Hall–Kier alpha value is -3.38. The van der Waals surface area contributed by atoms with Gasteiger partial charge in [0.2, 0.25) is 5.75 Å². The predicted molar refractivity (Wildman–Crippen MR) is 74.2 cm³/mol. The first-order chi connectivity index (χ1) is 11.7. The molecule has 1 aromatic carbocycles. The van der Waals surface area contributed by atoms with Gasteiger partial charge in [0.05, 0.1) is 24.7 Å². The maximum Gasteiger partial charge on any atom is 0.471 e. The van der Waals surface area contributed by atoms with Gasteiger partial charge in [-0.1, -0.05) is 0 Å². The Bertz CT molecular complexity index is 820. The number of ether oxygens (including phenoxy) is 2. The fraction of sp³-hybridized carbons (Fsp3) is 0.250. The minimum absolute atomic E-state index is 0.0237. The Labute approximate surface area is 136 Å². The second-order valence-electron chi connectivity index (χ2n) is 4.36. The molecule has 134 valence electrons. The summed E-state index contributed by atoms with van der Waals surface area (Å²) in [5.74, 6) is -3.62. The van der Waals surface area contributed by atoms with E-state index in [0.717, 1.165) is 6.07 Å². The van der Waals surface area contributed by atoms with E-state index in [1.54, 1.807) is 0 Å². The molecule has 0 bridgehead atoms. The van der Waals surface area contributed by atoms with Gasteiger partial charge in [0.1, 0.15) is 0 Å². The summed E-state index contributed by atoms with van der Waals surface area (Å²) in [4.78, 5) is 24.7. The highest BCUT2D eigenvalue weighted by Crippen LogP contribution is 2.40. The highest BCUT2D eigenvalue weighted by molar-refractivity contribution is 5.93. The zero-order valence-electron chi connectivity index (χ0n) is 12.6. The van der Waals surface area contributed by atoms with E-state index in [9.17, 15) is 28.1 Å². The normalized spacial score (nSPS) is 11.1. The van der Waals surface area contributed by atoms with Crippen LogP contribution in [0.5, 0.6) is 11.5 Å². The highest BCUT2D eigenvalue weighted by Gasteiger charge is 2.39. The lowest BCUT2D eigenvalue weighted by atomic mass is 10.1. The first-order valence-electron chi connectivity index (χ1n) is 6.30. The Morgan fingerprint density at radius 1 is 1.32 bits per heavy atom. The second-order valence-corrected chi connectivity index (χ2v) is 4.36. The molecular weight excluding hydrogens is 353 g/mol. The van der Waals surface area contributed by atoms with Crippen molar-refractivity contribution in [2.45, 2.75) is 6.18 Å². The third-order valence-corrected chi connectivity index (χ3v) is 2.81. The Balaban J connectivity index is 2.41. The Morgan fingerprint density at radius 2 is 2.00 bits per heavy atom. The molecule has 0 aliphatic rings. The standard InChI is InChI=1S/C12H9F3N4O6/c1-23-7-4-5(3-6(19(21)22)8(7)24-2)9-16-11(18-25-9)17-10(20)12(13,14)15/h3-4H,1-2H3,(H,17,18,20). The summed E-state index contributed by atoms with van der Waals surface area (Å²) in [5, 5.41) is 15.7. The summed E-state index contributed by atoms with van der Waals surface area (Å²) in [6, 6.07) is 2.25. The van der Waals surface area contributed by atoms with Gasteiger partial charge in [-0.15, -0.1) is 0 Å². The lowest BCUT2D eigenvalue weighted by Crippen LogP contribution is -2.30. The van der Waals surface area contributed by atoms with Gasteiger partial charge in [-0.3, -0.25) is 20.2 Å². The fourth-order valence-electron chi connectivity index (χ4n) is 1.77. The van der Waals surface area contributed by atoms with E-state index in [-0.39, 0.29) is 23.0 Å². The summed E-state index contributed by atoms with van der Waals surface area (Å²) in [5.41, 5.74) is -0.514. The number of halogens is 3. The summed E-state index contributed by atoms with van der Waals surface area (Å²) in [6.45, 7) is 0. The molecule has 0 unspecified atom stereocenters. The van der Waals surface area contributed by atoms with Crippen molar-refractivity contribution in [3.05, 3.63) is 22.2 Å². The topological polar surface area (TPSA) is 130 Å². The summed E-state index contributed by atoms with van der Waals surface area (Å²) in [7, 11) is 2.43. The minimum atomic E-state index is -5.14. The van der Waals surface area contributed by atoms with Crippen molar-refractivity contribution in [2.75, 3.05) is 19.5 Å². The predicted octanol–water partition coefficient (Wildman–Crippen LogP) is 2.16. The van der Waals surface area contributed by atoms with E-state index in [1.807, 2.05) is 0 Å². The number of benzene rings is 1. The summed E-state index contributed by atoms with van der Waals surface area (Å²) in [6.07, 6.45) is -5.14. The van der Waals surface area contributed by atoms with Crippen LogP contribution in [0.15, 0.2) is 16.7 Å². The number of nitrogens with one attached hydrogen (secondary N) is 1. The molecule has 1 aromatic heterocycles. The number of alkyl halides is 3. The molecule has 1 N–H and O–H groups in total. The smallest absolute Gasteiger partial charge is 0.471 e. The van der Waals surface area contributed by atoms with Crippen LogP contribution in [0.2, 0.25) is 0 Å². The molecule has 0 atom stereocenters. The number of hydrogen-bond acceptors (Lipinski definition) is 8. The molecule has 0 saturated carbocycles. The van der Waals surface area contributed by atoms with Crippen molar-refractivity contribution in [3.8, 4) is 23.0 Å². The molecule has 0 radical (unpaired) electrons. The van der Waals surface area contributed by atoms with Crippen LogP contribution in [0.1, 0.15) is 0 Å². The van der Waals surface area contributed by atoms with E-state index in [2.05, 4.69) is 10.1 Å². The van der Waals surface area contributed by atoms with Crippen molar-refractivity contribution in [2.24, 2.45) is 0 Å². The molecule has 0 aliphatic carbocycles. The number of rotatable bonds is 5. The second kappa shape index (κ2) is 6.62. The molecule has 2 rings (SSSR count). The number of nitro groups is 1. The molecule has 2 aromatic rings. The number of anilines is 1. The number of carbonyl (C=O) groups excluding carboxylic acids is 1. The molecule has 0 aliphatic heterocycles. The zero-order chi connectivity index (χ0) is 18.8. The van der Waals surface area contributed by atoms with E-state index < -0.39 is 28.6 Å². The zero-order valence-corrected chi connectivity index (χ0v) is 12.6. The number of carbonyl (C=O) groups is 1. The maximum atomic E-state index is 12.2. The largest absolute Gasteiger partial charge is 0.493 e. The first kappa shape index (κ1) is 18.0. The number of amides is 1. The van der Waals surface area contributed by atoms with E-state index in [0.29, 0.717) is 0 Å². The SMILES string of the molecule is COc1cc(-c2nc(NC(=O)C(F)(F)F)no2)cc([N+](=O)[O-])c1OC. The van der Waals surface area contributed by atoms with Crippen molar-refractivity contribution >= 4 is 17.5 Å². The lowest BCUT2D eigenvalue weighted by molar-refractivity contribution is -0.385. The van der Waals surface area contributed by atoms with Crippen LogP contribution < -0.4 is 14.8 Å². The number of aromatic nitrogens is 2. The maximum absolute atomic E-state index is 12.2. The number of nitrogens with zero attached hydrogens (tertiary/aromatic N) is 3. The van der Waals surface area contributed by atoms with Crippen molar-refractivity contribution in [1.29, 1.82) is 0 Å². The molecule has 1 amide bonds. The van der Waals surface area contributed by atoms with Crippen LogP contribution in [0.4, 0.5) is 24.8 Å². The molecule has 0 spiro atoms. The van der Waals surface area contributed by atoms with Gasteiger partial charge >= 0.3 is 17.8 Å². The number of nitro benzene ring substituents is 1. The molecule has 13 heteroatoms. The van der Waals surface area contributed by atoms with E-state index >= 15 is 0 Å². The molecular formula is C12H9F3N4O6. The van der Waals surface area contributed by atoms with Crippen LogP contribution in [-0.2, 0) is 4.79 Å². The van der Waals surface area contributed by atoms with Crippen LogP contribution in [0, 0.1) is 10.1 Å². The fourth-order valence-corrected chi connectivity index (χ4v) is 1.77. The van der Waals surface area contributed by atoms with Crippen molar-refractivity contribution < 1.29 is 36.9 Å². The van der Waals surface area contributed by atoms with E-state index in [4.69, 9.17) is 14.0 Å². The molecule has 0 fully saturated rings. The van der Waals surface area contributed by atoms with Gasteiger partial charge in [-0.2, -0.15) is 18.2 Å². The van der Waals surface area contributed by atoms with Crippen LogP contribution in [-0.4, -0.2) is 41.4 Å². The van der Waals surface area contributed by atoms with Gasteiger partial charge in [0, 0.05) is 6.07 Å². The van der Waals surface area contributed by atoms with Gasteiger partial charge in [-0.05, 0) is 11.2 Å². The Morgan fingerprint density at radius 3 is 2.52 bits per heavy atom. The summed E-state index contributed by atoms with van der Waals surface area (Å²) < 4.78 is 51.1. The Kier molecular flexibility index (Phi) is 4.76. The number of hydrogen-bond donors (Lipinski definition) is 1. The van der Waals surface area contributed by atoms with Crippen molar-refractivity contribution in [3.63, 3.8) is 0 Å². The van der Waals surface area contributed by atoms with Gasteiger partial charge in [-0.25, -0.2) is 0 Å². The van der Waals surface area contributed by atoms with Crippen LogP contribution >= 0.6 is 0 Å². The quantitative estimate of drug-likeness (QED) is 0.633. The minimum Gasteiger partial charge on any atom is -0.493 e. The van der Waals surface area contributed by atoms with E-state index in [1.165, 1.54) is 25.6 Å². The third kappa shape index (κ3) is 3.76. The van der Waals surface area contributed by atoms with Crippen molar-refractivity contribution in [1.82, 2.24) is 10.1 Å². The average molecular weight is 362 g/mol. The van der Waals surface area contributed by atoms with Gasteiger partial charge in [0.25, 0.3) is 11.8 Å². The number of methoxy groups -OCH3 is 2. The van der Waals surface area contributed by atoms with Gasteiger partial charge < -0.3 is 14.0 Å². The van der Waals surface area contributed by atoms with Gasteiger partial charge in [0.15, 0.2) is 5.75 Å². The monoisotopic (exact) mass is 362 g/mol.